The number of fused-ring (bicyclic) bond motifs is 1. The van der Waals surface area contributed by atoms with Crippen molar-refractivity contribution >= 4 is 33.2 Å². The van der Waals surface area contributed by atoms with Crippen molar-refractivity contribution in [2.24, 2.45) is 0 Å². The highest BCUT2D eigenvalue weighted by molar-refractivity contribution is 7.17. The second kappa shape index (κ2) is 6.22. The van der Waals surface area contributed by atoms with Crippen LogP contribution in [0.1, 0.15) is 0 Å². The Kier molecular flexibility index (Phi) is 3.92. The Morgan fingerprint density at radius 1 is 1.12 bits per heavy atom. The predicted octanol–water partition coefficient (Wildman–Crippen LogP) is 3.68. The number of aromatic nitrogens is 4. The van der Waals surface area contributed by atoms with E-state index in [0.717, 1.165) is 16.0 Å². The Morgan fingerprint density at radius 2 is 2.00 bits per heavy atom. The van der Waals surface area contributed by atoms with Crippen LogP contribution in [0.25, 0.3) is 21.3 Å². The monoisotopic (exact) mass is 356 g/mol. The van der Waals surface area contributed by atoms with Crippen LogP contribution >= 0.6 is 22.9 Å². The molecule has 120 valence electrons. The number of hydrogen-bond acceptors (Lipinski definition) is 4. The van der Waals surface area contributed by atoms with Crippen molar-refractivity contribution < 1.29 is 0 Å². The highest BCUT2D eigenvalue weighted by Crippen LogP contribution is 2.34. The molecule has 0 saturated heterocycles. The summed E-state index contributed by atoms with van der Waals surface area (Å²) in [5, 5.41) is 7.35. The van der Waals surface area contributed by atoms with Crippen molar-refractivity contribution in [2.45, 2.75) is 13.1 Å². The molecule has 3 aromatic heterocycles. The summed E-state index contributed by atoms with van der Waals surface area (Å²) in [6.07, 6.45) is 5.19. The van der Waals surface area contributed by atoms with Crippen molar-refractivity contribution in [1.29, 1.82) is 0 Å². The summed E-state index contributed by atoms with van der Waals surface area (Å²) in [7, 11) is 0. The highest BCUT2D eigenvalue weighted by atomic mass is 35.5. The lowest BCUT2D eigenvalue weighted by Crippen LogP contribution is -2.22. The van der Waals surface area contributed by atoms with Gasteiger partial charge >= 0.3 is 0 Å². The van der Waals surface area contributed by atoms with Crippen LogP contribution in [0, 0.1) is 0 Å². The van der Waals surface area contributed by atoms with Crippen LogP contribution in [-0.4, -0.2) is 19.3 Å². The summed E-state index contributed by atoms with van der Waals surface area (Å²) in [6, 6.07) is 9.40. The van der Waals surface area contributed by atoms with Gasteiger partial charge in [-0.1, -0.05) is 29.8 Å². The van der Waals surface area contributed by atoms with Crippen molar-refractivity contribution in [2.75, 3.05) is 0 Å². The van der Waals surface area contributed by atoms with Crippen LogP contribution < -0.4 is 5.56 Å². The molecule has 4 rings (SSSR count). The van der Waals surface area contributed by atoms with Gasteiger partial charge in [-0.3, -0.25) is 14.0 Å². The Bertz CT molecular complexity index is 1050. The van der Waals surface area contributed by atoms with E-state index in [2.05, 4.69) is 10.1 Å². The van der Waals surface area contributed by atoms with Crippen molar-refractivity contribution in [3.8, 4) is 11.1 Å². The second-order valence-corrected chi connectivity index (χ2v) is 6.59. The number of rotatable bonds is 4. The molecule has 7 heteroatoms. The predicted molar refractivity (Wildman–Crippen MR) is 96.6 cm³/mol. The first kappa shape index (κ1) is 15.1. The molecule has 0 N–H and O–H groups in total. The lowest BCUT2D eigenvalue weighted by Gasteiger charge is -2.07. The highest BCUT2D eigenvalue weighted by Gasteiger charge is 2.15. The number of hydrogen-bond donors (Lipinski definition) is 0. The zero-order valence-electron chi connectivity index (χ0n) is 12.6. The third-order valence-corrected chi connectivity index (χ3v) is 5.07. The number of halogens is 1. The average Bonchev–Trinajstić information content (AvgIpc) is 3.24. The van der Waals surface area contributed by atoms with Gasteiger partial charge in [0.05, 0.1) is 18.3 Å². The molecule has 0 aliphatic heterocycles. The molecule has 0 saturated carbocycles. The maximum absolute atomic E-state index is 12.9. The standard InChI is InChI=1S/C17H13ClN4OS/c18-14-5-2-1-4-12(14)13-10-24-16-15(13)17(23)21(11-19-16)8-9-22-7-3-6-20-22/h1-7,10-11H,8-9H2. The normalized spacial score (nSPS) is 11.2. The van der Waals surface area contributed by atoms with Gasteiger partial charge in [0.1, 0.15) is 4.83 Å². The van der Waals surface area contributed by atoms with Crippen LogP contribution in [0.2, 0.25) is 5.02 Å². The molecule has 0 amide bonds. The minimum absolute atomic E-state index is 0.0525. The Labute approximate surface area is 146 Å². The van der Waals surface area contributed by atoms with E-state index in [0.29, 0.717) is 23.5 Å². The summed E-state index contributed by atoms with van der Waals surface area (Å²) in [5.74, 6) is 0. The van der Waals surface area contributed by atoms with Crippen molar-refractivity contribution in [1.82, 2.24) is 19.3 Å². The number of benzene rings is 1. The van der Waals surface area contributed by atoms with Crippen molar-refractivity contribution in [3.63, 3.8) is 0 Å². The molecule has 1 aromatic carbocycles. The summed E-state index contributed by atoms with van der Waals surface area (Å²) in [4.78, 5) is 18.1. The Hall–Kier alpha value is -2.44. The molecule has 5 nitrogen and oxygen atoms in total. The molecule has 0 bridgehead atoms. The first-order valence-electron chi connectivity index (χ1n) is 7.43. The number of nitrogens with zero attached hydrogens (tertiary/aromatic N) is 4. The van der Waals surface area contributed by atoms with Gasteiger partial charge in [-0.05, 0) is 12.1 Å². The summed E-state index contributed by atoms with van der Waals surface area (Å²) in [6.45, 7) is 1.13. The van der Waals surface area contributed by atoms with Gasteiger partial charge in [0.25, 0.3) is 5.56 Å². The third-order valence-electron chi connectivity index (χ3n) is 3.85. The number of aryl methyl sites for hydroxylation is 2. The van der Waals surface area contributed by atoms with Gasteiger partial charge in [0.2, 0.25) is 0 Å². The van der Waals surface area contributed by atoms with E-state index in [1.54, 1.807) is 21.8 Å². The molecule has 0 radical (unpaired) electrons. The fraction of sp³-hybridized carbons (Fsp3) is 0.118. The lowest BCUT2D eigenvalue weighted by molar-refractivity contribution is 0.522. The SMILES string of the molecule is O=c1c2c(-c3ccccc3Cl)csc2ncn1CCn1cccn1. The van der Waals surface area contributed by atoms with Gasteiger partial charge in [-0.2, -0.15) is 5.10 Å². The van der Waals surface area contributed by atoms with Gasteiger partial charge in [0, 0.05) is 40.5 Å². The van der Waals surface area contributed by atoms with E-state index in [-0.39, 0.29) is 5.56 Å². The van der Waals surface area contributed by atoms with Crippen LogP contribution in [0.4, 0.5) is 0 Å². The maximum Gasteiger partial charge on any atom is 0.262 e. The zero-order chi connectivity index (χ0) is 16.5. The Morgan fingerprint density at radius 3 is 2.79 bits per heavy atom. The minimum Gasteiger partial charge on any atom is -0.297 e. The smallest absolute Gasteiger partial charge is 0.262 e. The molecule has 0 atom stereocenters. The molecule has 24 heavy (non-hydrogen) atoms. The minimum atomic E-state index is -0.0525. The third kappa shape index (κ3) is 2.64. The van der Waals surface area contributed by atoms with Gasteiger partial charge in [-0.25, -0.2) is 4.98 Å². The largest absolute Gasteiger partial charge is 0.297 e. The van der Waals surface area contributed by atoms with Crippen molar-refractivity contribution in [3.05, 3.63) is 69.8 Å². The molecule has 0 aliphatic carbocycles. The quantitative estimate of drug-likeness (QED) is 0.560. The number of thiophene rings is 1. The Balaban J connectivity index is 1.79. The van der Waals surface area contributed by atoms with E-state index in [9.17, 15) is 4.79 Å². The van der Waals surface area contributed by atoms with Crippen LogP contribution in [0.3, 0.4) is 0 Å². The van der Waals surface area contributed by atoms with E-state index in [4.69, 9.17) is 11.6 Å². The molecular formula is C17H13ClN4OS. The molecule has 0 unspecified atom stereocenters. The first-order valence-corrected chi connectivity index (χ1v) is 8.69. The fourth-order valence-corrected chi connectivity index (χ4v) is 3.78. The first-order chi connectivity index (χ1) is 11.7. The average molecular weight is 357 g/mol. The summed E-state index contributed by atoms with van der Waals surface area (Å²) >= 11 is 7.76. The molecule has 0 spiro atoms. The van der Waals surface area contributed by atoms with Crippen LogP contribution in [0.5, 0.6) is 0 Å². The van der Waals surface area contributed by atoms with Crippen LogP contribution in [0.15, 0.2) is 59.2 Å². The zero-order valence-corrected chi connectivity index (χ0v) is 14.2. The van der Waals surface area contributed by atoms with E-state index in [1.165, 1.54) is 11.3 Å². The molecule has 4 aromatic rings. The summed E-state index contributed by atoms with van der Waals surface area (Å²) in [5.41, 5.74) is 1.64. The molecule has 0 aliphatic rings. The van der Waals surface area contributed by atoms with E-state index < -0.39 is 0 Å². The lowest BCUT2D eigenvalue weighted by atomic mass is 10.1. The maximum atomic E-state index is 12.9. The van der Waals surface area contributed by atoms with Gasteiger partial charge < -0.3 is 0 Å². The molecule has 0 fully saturated rings. The van der Waals surface area contributed by atoms with E-state index >= 15 is 0 Å². The van der Waals surface area contributed by atoms with Crippen LogP contribution in [-0.2, 0) is 13.1 Å². The molecule has 3 heterocycles. The topological polar surface area (TPSA) is 52.7 Å². The molecular weight excluding hydrogens is 344 g/mol. The van der Waals surface area contributed by atoms with E-state index in [1.807, 2.05) is 41.9 Å². The fourth-order valence-electron chi connectivity index (χ4n) is 2.65. The van der Waals surface area contributed by atoms with Gasteiger partial charge in [0.15, 0.2) is 0 Å². The van der Waals surface area contributed by atoms with Gasteiger partial charge in [-0.15, -0.1) is 11.3 Å². The summed E-state index contributed by atoms with van der Waals surface area (Å²) < 4.78 is 3.41. The second-order valence-electron chi connectivity index (χ2n) is 5.32.